The van der Waals surface area contributed by atoms with Gasteiger partial charge in [-0.2, -0.15) is 0 Å². The van der Waals surface area contributed by atoms with E-state index in [1.807, 2.05) is 10.9 Å². The summed E-state index contributed by atoms with van der Waals surface area (Å²) in [4.78, 5) is 22.7. The Kier molecular flexibility index (Phi) is 10.1. The zero-order valence-electron chi connectivity index (χ0n) is 11.5. The average Bonchev–Trinajstić information content (AvgIpc) is 2.41. The first-order valence-electron chi connectivity index (χ1n) is 6.73. The van der Waals surface area contributed by atoms with Crippen LogP contribution in [0.15, 0.2) is 0 Å². The van der Waals surface area contributed by atoms with Gasteiger partial charge < -0.3 is 5.11 Å². The molecule has 0 radical (unpaired) electrons. The van der Waals surface area contributed by atoms with E-state index in [9.17, 15) is 14.7 Å². The van der Waals surface area contributed by atoms with Crippen molar-refractivity contribution >= 4 is 11.8 Å². The lowest BCUT2D eigenvalue weighted by molar-refractivity contribution is -0.131. The van der Waals surface area contributed by atoms with Crippen molar-refractivity contribution in [1.29, 1.82) is 0 Å². The molecular formula is C12H26N4O3. The summed E-state index contributed by atoms with van der Waals surface area (Å²) >= 11 is 0. The summed E-state index contributed by atoms with van der Waals surface area (Å²) in [5, 5.41) is 9.87. The van der Waals surface area contributed by atoms with Gasteiger partial charge in [-0.15, -0.1) is 0 Å². The highest BCUT2D eigenvalue weighted by Crippen LogP contribution is 2.16. The lowest BCUT2D eigenvalue weighted by Crippen LogP contribution is -2.41. The molecule has 0 aliphatic rings. The predicted octanol–water partition coefficient (Wildman–Crippen LogP) is -0.306. The number of hydrogen-bond donors (Lipinski definition) is 5. The van der Waals surface area contributed by atoms with Crippen LogP contribution < -0.4 is 22.5 Å². The molecule has 0 aliphatic carbocycles. The maximum atomic E-state index is 11.5. The van der Waals surface area contributed by atoms with Crippen molar-refractivity contribution < 1.29 is 14.7 Å². The number of rotatable bonds is 10. The molecule has 0 heterocycles. The minimum absolute atomic E-state index is 0.0778. The van der Waals surface area contributed by atoms with E-state index >= 15 is 0 Å². The third-order valence-corrected chi connectivity index (χ3v) is 3.05. The van der Waals surface area contributed by atoms with Crippen molar-refractivity contribution in [2.45, 2.75) is 58.0 Å². The van der Waals surface area contributed by atoms with E-state index in [4.69, 9.17) is 11.7 Å². The van der Waals surface area contributed by atoms with Crippen LogP contribution in [0.1, 0.15) is 51.9 Å². The van der Waals surface area contributed by atoms with E-state index < -0.39 is 23.8 Å². The van der Waals surface area contributed by atoms with Gasteiger partial charge in [0.05, 0.1) is 12.0 Å². The number of hydrazine groups is 2. The van der Waals surface area contributed by atoms with Crippen molar-refractivity contribution in [3.63, 3.8) is 0 Å². The molecule has 112 valence electrons. The van der Waals surface area contributed by atoms with E-state index in [0.29, 0.717) is 6.42 Å². The van der Waals surface area contributed by atoms with Crippen molar-refractivity contribution in [3.8, 4) is 0 Å². The molecule has 0 spiro atoms. The third kappa shape index (κ3) is 8.52. The molecule has 0 rings (SSSR count). The van der Waals surface area contributed by atoms with Gasteiger partial charge in [-0.05, 0) is 12.8 Å². The molecule has 2 atom stereocenters. The van der Waals surface area contributed by atoms with Gasteiger partial charge in [-0.1, -0.05) is 32.6 Å². The molecule has 0 aromatic rings. The molecule has 0 unspecified atom stereocenters. The van der Waals surface area contributed by atoms with Gasteiger partial charge in [-0.3, -0.25) is 20.4 Å². The van der Waals surface area contributed by atoms with Gasteiger partial charge in [0.2, 0.25) is 11.8 Å². The van der Waals surface area contributed by atoms with Gasteiger partial charge in [0.25, 0.3) is 0 Å². The van der Waals surface area contributed by atoms with Crippen LogP contribution in [-0.2, 0) is 9.59 Å². The lowest BCUT2D eigenvalue weighted by Gasteiger charge is -2.18. The molecule has 2 amide bonds. The van der Waals surface area contributed by atoms with Crippen LogP contribution in [0, 0.1) is 5.92 Å². The second-order valence-corrected chi connectivity index (χ2v) is 4.72. The van der Waals surface area contributed by atoms with Gasteiger partial charge >= 0.3 is 0 Å². The summed E-state index contributed by atoms with van der Waals surface area (Å²) in [6, 6.07) is 0. The minimum Gasteiger partial charge on any atom is -0.393 e. The quantitative estimate of drug-likeness (QED) is 0.161. The number of nitrogens with two attached hydrogens (primary N) is 2. The maximum absolute atomic E-state index is 11.5. The zero-order chi connectivity index (χ0) is 14.7. The van der Waals surface area contributed by atoms with Crippen molar-refractivity contribution in [2.75, 3.05) is 0 Å². The summed E-state index contributed by atoms with van der Waals surface area (Å²) < 4.78 is 0. The molecule has 0 bridgehead atoms. The number of hydrogen-bond acceptors (Lipinski definition) is 5. The first-order valence-corrected chi connectivity index (χ1v) is 6.73. The molecule has 7 nitrogen and oxygen atoms in total. The van der Waals surface area contributed by atoms with Crippen LogP contribution in [-0.4, -0.2) is 23.0 Å². The fraction of sp³-hybridized carbons (Fsp3) is 0.833. The van der Waals surface area contributed by atoms with E-state index in [1.165, 1.54) is 0 Å². The van der Waals surface area contributed by atoms with Crippen LogP contribution in [0.25, 0.3) is 0 Å². The summed E-state index contributed by atoms with van der Waals surface area (Å²) in [5.74, 6) is 8.47. The normalized spacial score (nSPS) is 13.7. The topological polar surface area (TPSA) is 130 Å². The maximum Gasteiger partial charge on any atom is 0.237 e. The molecule has 0 aromatic carbocycles. The summed E-state index contributed by atoms with van der Waals surface area (Å²) in [6.45, 7) is 2.11. The Hall–Kier alpha value is -1.18. The summed E-state index contributed by atoms with van der Waals surface area (Å²) in [5.41, 5.74) is 3.97. The lowest BCUT2D eigenvalue weighted by atomic mass is 9.94. The first-order chi connectivity index (χ1) is 9.04. The number of aliphatic hydroxyl groups excluding tert-OH is 1. The highest BCUT2D eigenvalue weighted by molar-refractivity contribution is 5.85. The molecule has 0 aliphatic heterocycles. The van der Waals surface area contributed by atoms with Gasteiger partial charge in [0, 0.05) is 6.42 Å². The van der Waals surface area contributed by atoms with E-state index in [2.05, 4.69) is 6.92 Å². The van der Waals surface area contributed by atoms with Crippen LogP contribution in [0.2, 0.25) is 0 Å². The molecule has 0 fully saturated rings. The van der Waals surface area contributed by atoms with Crippen molar-refractivity contribution in [3.05, 3.63) is 0 Å². The van der Waals surface area contributed by atoms with Crippen LogP contribution in [0.5, 0.6) is 0 Å². The van der Waals surface area contributed by atoms with Crippen molar-refractivity contribution in [1.82, 2.24) is 10.9 Å². The highest BCUT2D eigenvalue weighted by Gasteiger charge is 2.23. The van der Waals surface area contributed by atoms with Gasteiger partial charge in [-0.25, -0.2) is 11.7 Å². The summed E-state index contributed by atoms with van der Waals surface area (Å²) in [6.07, 6.45) is 4.39. The fourth-order valence-electron chi connectivity index (χ4n) is 1.94. The SMILES string of the molecule is CCCCCC[C@@H](O)C[C@H](CC(=O)NN)C(=O)NN. The van der Waals surface area contributed by atoms with Crippen LogP contribution >= 0.6 is 0 Å². The monoisotopic (exact) mass is 274 g/mol. The number of aliphatic hydroxyl groups is 1. The van der Waals surface area contributed by atoms with Crippen molar-refractivity contribution in [2.24, 2.45) is 17.6 Å². The molecule has 7 N–H and O–H groups in total. The second kappa shape index (κ2) is 10.7. The Balaban J connectivity index is 4.15. The average molecular weight is 274 g/mol. The van der Waals surface area contributed by atoms with E-state index in [0.717, 1.165) is 25.7 Å². The van der Waals surface area contributed by atoms with Gasteiger partial charge in [0.15, 0.2) is 0 Å². The van der Waals surface area contributed by atoms with Gasteiger partial charge in [0.1, 0.15) is 0 Å². The fourth-order valence-corrected chi connectivity index (χ4v) is 1.94. The second-order valence-electron chi connectivity index (χ2n) is 4.72. The minimum atomic E-state index is -0.658. The Morgan fingerprint density at radius 2 is 1.84 bits per heavy atom. The molecule has 19 heavy (non-hydrogen) atoms. The highest BCUT2D eigenvalue weighted by atomic mass is 16.3. The van der Waals surface area contributed by atoms with Crippen LogP contribution in [0.3, 0.4) is 0 Å². The predicted molar refractivity (Wildman–Crippen MR) is 72.2 cm³/mol. The van der Waals surface area contributed by atoms with E-state index in [1.54, 1.807) is 0 Å². The summed E-state index contributed by atoms with van der Waals surface area (Å²) in [7, 11) is 0. The Morgan fingerprint density at radius 3 is 2.37 bits per heavy atom. The molecular weight excluding hydrogens is 248 g/mol. The van der Waals surface area contributed by atoms with E-state index in [-0.39, 0.29) is 12.8 Å². The Bertz CT molecular complexity index is 274. The Labute approximate surface area is 114 Å². The third-order valence-electron chi connectivity index (χ3n) is 3.05. The van der Waals surface area contributed by atoms with Crippen LogP contribution in [0.4, 0.5) is 0 Å². The smallest absolute Gasteiger partial charge is 0.237 e. The number of carbonyl (C=O) groups excluding carboxylic acids is 2. The Morgan fingerprint density at radius 1 is 1.16 bits per heavy atom. The largest absolute Gasteiger partial charge is 0.393 e. The molecule has 0 saturated carbocycles. The zero-order valence-corrected chi connectivity index (χ0v) is 11.5. The molecule has 0 saturated heterocycles. The molecule has 0 aromatic heterocycles. The number of amides is 2. The number of unbranched alkanes of at least 4 members (excludes halogenated alkanes) is 3. The standard InChI is InChI=1S/C12H26N4O3/c1-2-3-4-5-6-10(17)7-9(12(19)16-14)8-11(18)15-13/h9-10,17H,2-8,13-14H2,1H3,(H,15,18)(H,16,19)/t9-,10-/m1/s1. The molecule has 7 heteroatoms. The first kappa shape index (κ1) is 17.8. The number of carbonyl (C=O) groups is 2. The number of nitrogens with one attached hydrogen (secondary N) is 2.